The Balaban J connectivity index is 0.000000148. The molecule has 0 spiro atoms. The Morgan fingerprint density at radius 2 is 0.472 bits per heavy atom. The standard InChI is InChI=1S/2C18H14/c1-3-9-15(10-4-1)17-13-7-8-14-18(17)16-11-5-2-6-12-16;1-3-8-15(9-4-1)17-12-7-13-18(14-17)16-10-5-2-6-11-16/h2*1-14H. The molecule has 0 heterocycles. The molecule has 0 heteroatoms. The average Bonchev–Trinajstić information content (AvgIpc) is 2.99. The van der Waals surface area contributed by atoms with Crippen LogP contribution in [0.15, 0.2) is 170 Å². The molecule has 0 aliphatic heterocycles. The molecule has 0 amide bonds. The van der Waals surface area contributed by atoms with Crippen molar-refractivity contribution in [1.82, 2.24) is 0 Å². The predicted molar refractivity (Wildman–Crippen MR) is 155 cm³/mol. The van der Waals surface area contributed by atoms with Crippen LogP contribution in [0, 0.1) is 0 Å². The Hall–Kier alpha value is -4.68. The molecule has 6 aromatic carbocycles. The molecule has 172 valence electrons. The van der Waals surface area contributed by atoms with E-state index in [2.05, 4.69) is 158 Å². The van der Waals surface area contributed by atoms with Crippen LogP contribution in [0.2, 0.25) is 0 Å². The molecule has 0 saturated heterocycles. The first-order valence-corrected chi connectivity index (χ1v) is 12.3. The zero-order valence-corrected chi connectivity index (χ0v) is 20.2. The van der Waals surface area contributed by atoms with Gasteiger partial charge in [0.05, 0.1) is 0 Å². The Labute approximate surface area is 214 Å². The average molecular weight is 461 g/mol. The summed E-state index contributed by atoms with van der Waals surface area (Å²) in [4.78, 5) is 0. The smallest absolute Gasteiger partial charge is 0.0105 e. The monoisotopic (exact) mass is 460 g/mol. The van der Waals surface area contributed by atoms with Crippen LogP contribution in [-0.2, 0) is 0 Å². The van der Waals surface area contributed by atoms with Crippen LogP contribution in [-0.4, -0.2) is 0 Å². The fourth-order valence-electron chi connectivity index (χ4n) is 4.36. The minimum absolute atomic E-state index is 1.26. The second kappa shape index (κ2) is 11.6. The Morgan fingerprint density at radius 3 is 0.833 bits per heavy atom. The van der Waals surface area contributed by atoms with Crippen molar-refractivity contribution in [3.05, 3.63) is 170 Å². The summed E-state index contributed by atoms with van der Waals surface area (Å²) >= 11 is 0. The van der Waals surface area contributed by atoms with Gasteiger partial charge in [-0.1, -0.05) is 164 Å². The van der Waals surface area contributed by atoms with Crippen molar-refractivity contribution < 1.29 is 0 Å². The number of benzene rings is 6. The molecular formula is C36H28. The van der Waals surface area contributed by atoms with Crippen molar-refractivity contribution in [2.75, 3.05) is 0 Å². The van der Waals surface area contributed by atoms with Crippen molar-refractivity contribution in [1.29, 1.82) is 0 Å². The van der Waals surface area contributed by atoms with Gasteiger partial charge in [0.1, 0.15) is 0 Å². The highest BCUT2D eigenvalue weighted by Crippen LogP contribution is 2.31. The summed E-state index contributed by atoms with van der Waals surface area (Å²) in [7, 11) is 0. The lowest BCUT2D eigenvalue weighted by atomic mass is 9.95. The van der Waals surface area contributed by atoms with Crippen molar-refractivity contribution in [2.24, 2.45) is 0 Å². The third-order valence-electron chi connectivity index (χ3n) is 6.17. The highest BCUT2D eigenvalue weighted by Gasteiger charge is 2.05. The summed E-state index contributed by atoms with van der Waals surface area (Å²) in [6.07, 6.45) is 0. The summed E-state index contributed by atoms with van der Waals surface area (Å²) in [6, 6.07) is 59.2. The predicted octanol–water partition coefficient (Wildman–Crippen LogP) is 10.0. The normalized spacial score (nSPS) is 10.2. The summed E-state index contributed by atoms with van der Waals surface area (Å²) in [5.41, 5.74) is 10.1. The van der Waals surface area contributed by atoms with Gasteiger partial charge in [0.25, 0.3) is 0 Å². The Kier molecular flexibility index (Phi) is 7.46. The van der Waals surface area contributed by atoms with Gasteiger partial charge in [-0.15, -0.1) is 0 Å². The first-order valence-electron chi connectivity index (χ1n) is 12.3. The molecule has 0 bridgehead atoms. The van der Waals surface area contributed by atoms with E-state index in [9.17, 15) is 0 Å². The van der Waals surface area contributed by atoms with E-state index in [4.69, 9.17) is 0 Å². The van der Waals surface area contributed by atoms with Gasteiger partial charge in [-0.25, -0.2) is 0 Å². The van der Waals surface area contributed by atoms with Crippen molar-refractivity contribution >= 4 is 0 Å². The summed E-state index contributed by atoms with van der Waals surface area (Å²) < 4.78 is 0. The molecule has 0 saturated carbocycles. The summed E-state index contributed by atoms with van der Waals surface area (Å²) in [6.45, 7) is 0. The molecule has 0 nitrogen and oxygen atoms in total. The number of hydrogen-bond donors (Lipinski definition) is 0. The minimum atomic E-state index is 1.26. The van der Waals surface area contributed by atoms with Gasteiger partial charge < -0.3 is 0 Å². The Morgan fingerprint density at radius 1 is 0.194 bits per heavy atom. The quantitative estimate of drug-likeness (QED) is 0.245. The third-order valence-corrected chi connectivity index (χ3v) is 6.17. The molecule has 0 unspecified atom stereocenters. The van der Waals surface area contributed by atoms with Crippen molar-refractivity contribution in [3.63, 3.8) is 0 Å². The highest BCUT2D eigenvalue weighted by atomic mass is 14.1. The van der Waals surface area contributed by atoms with E-state index in [1.165, 1.54) is 44.5 Å². The van der Waals surface area contributed by atoms with Crippen LogP contribution in [0.3, 0.4) is 0 Å². The lowest BCUT2D eigenvalue weighted by Crippen LogP contribution is -1.83. The van der Waals surface area contributed by atoms with Crippen LogP contribution in [0.25, 0.3) is 44.5 Å². The topological polar surface area (TPSA) is 0 Å². The van der Waals surface area contributed by atoms with Gasteiger partial charge >= 0.3 is 0 Å². The van der Waals surface area contributed by atoms with E-state index in [0.717, 1.165) is 0 Å². The SMILES string of the molecule is c1ccc(-c2cccc(-c3ccccc3)c2)cc1.c1ccc(-c2ccccc2-c2ccccc2)cc1. The van der Waals surface area contributed by atoms with E-state index in [1.807, 2.05) is 12.1 Å². The molecule has 0 aromatic heterocycles. The van der Waals surface area contributed by atoms with Gasteiger partial charge in [0, 0.05) is 0 Å². The zero-order valence-electron chi connectivity index (χ0n) is 20.2. The molecule has 36 heavy (non-hydrogen) atoms. The van der Waals surface area contributed by atoms with E-state index >= 15 is 0 Å². The zero-order chi connectivity index (χ0) is 24.4. The molecule has 6 aromatic rings. The lowest BCUT2D eigenvalue weighted by molar-refractivity contribution is 1.58. The second-order valence-electron chi connectivity index (χ2n) is 8.59. The van der Waals surface area contributed by atoms with Gasteiger partial charge in [-0.3, -0.25) is 0 Å². The highest BCUT2D eigenvalue weighted by molar-refractivity contribution is 5.83. The van der Waals surface area contributed by atoms with Crippen LogP contribution < -0.4 is 0 Å². The van der Waals surface area contributed by atoms with Crippen LogP contribution in [0.1, 0.15) is 0 Å². The van der Waals surface area contributed by atoms with E-state index in [1.54, 1.807) is 0 Å². The lowest BCUT2D eigenvalue weighted by Gasteiger charge is -2.09. The molecule has 0 aliphatic carbocycles. The maximum atomic E-state index is 2.24. The Bertz CT molecular complexity index is 1370. The van der Waals surface area contributed by atoms with E-state index in [-0.39, 0.29) is 0 Å². The van der Waals surface area contributed by atoms with Gasteiger partial charge in [0.15, 0.2) is 0 Å². The molecule has 0 aliphatic rings. The minimum Gasteiger partial charge on any atom is -0.0622 e. The van der Waals surface area contributed by atoms with Gasteiger partial charge in [-0.05, 0) is 50.6 Å². The van der Waals surface area contributed by atoms with Gasteiger partial charge in [-0.2, -0.15) is 0 Å². The fourth-order valence-corrected chi connectivity index (χ4v) is 4.36. The first-order chi connectivity index (χ1) is 17.9. The maximum Gasteiger partial charge on any atom is -0.0105 e. The third kappa shape index (κ3) is 5.68. The fraction of sp³-hybridized carbons (Fsp3) is 0. The van der Waals surface area contributed by atoms with Crippen LogP contribution >= 0.6 is 0 Å². The molecule has 0 N–H and O–H groups in total. The van der Waals surface area contributed by atoms with Gasteiger partial charge in [0.2, 0.25) is 0 Å². The second-order valence-corrected chi connectivity index (χ2v) is 8.59. The summed E-state index contributed by atoms with van der Waals surface area (Å²) in [5.74, 6) is 0. The van der Waals surface area contributed by atoms with Crippen LogP contribution in [0.4, 0.5) is 0 Å². The van der Waals surface area contributed by atoms with E-state index in [0.29, 0.717) is 0 Å². The van der Waals surface area contributed by atoms with Crippen LogP contribution in [0.5, 0.6) is 0 Å². The number of hydrogen-bond acceptors (Lipinski definition) is 0. The maximum absolute atomic E-state index is 2.24. The molecule has 0 fully saturated rings. The first kappa shape index (κ1) is 23.1. The van der Waals surface area contributed by atoms with Crippen molar-refractivity contribution in [2.45, 2.75) is 0 Å². The molecular weight excluding hydrogens is 432 g/mol. The molecule has 0 radical (unpaired) electrons. The molecule has 0 atom stereocenters. The number of rotatable bonds is 4. The summed E-state index contributed by atoms with van der Waals surface area (Å²) in [5, 5.41) is 0. The largest absolute Gasteiger partial charge is 0.0622 e. The molecule has 6 rings (SSSR count). The van der Waals surface area contributed by atoms with Crippen molar-refractivity contribution in [3.8, 4) is 44.5 Å². The van der Waals surface area contributed by atoms with E-state index < -0.39 is 0 Å².